The molecule has 0 fully saturated rings. The van der Waals surface area contributed by atoms with Crippen molar-refractivity contribution in [2.75, 3.05) is 0 Å². The zero-order chi connectivity index (χ0) is 20.4. The van der Waals surface area contributed by atoms with Crippen LogP contribution < -0.4 is 5.56 Å². The largest absolute Gasteiger partial charge is 0.425 e. The van der Waals surface area contributed by atoms with Crippen molar-refractivity contribution in [3.63, 3.8) is 0 Å². The van der Waals surface area contributed by atoms with Gasteiger partial charge in [0.25, 0.3) is 5.56 Å². The molecule has 0 N–H and O–H groups in total. The highest BCUT2D eigenvalue weighted by atomic mass is 32.2. The third kappa shape index (κ3) is 3.96. The van der Waals surface area contributed by atoms with E-state index in [2.05, 4.69) is 36.2 Å². The molecule has 0 aliphatic heterocycles. The van der Waals surface area contributed by atoms with Crippen LogP contribution in [0.2, 0.25) is 0 Å². The van der Waals surface area contributed by atoms with Crippen molar-refractivity contribution in [2.24, 2.45) is 0 Å². The van der Waals surface area contributed by atoms with E-state index in [1.54, 1.807) is 11.5 Å². The van der Waals surface area contributed by atoms with Gasteiger partial charge in [-0.1, -0.05) is 49.9 Å². The molecule has 0 aliphatic carbocycles. The van der Waals surface area contributed by atoms with Gasteiger partial charge in [-0.05, 0) is 42.2 Å². The van der Waals surface area contributed by atoms with E-state index in [4.69, 9.17) is 9.40 Å². The second-order valence-electron chi connectivity index (χ2n) is 6.96. The van der Waals surface area contributed by atoms with Gasteiger partial charge < -0.3 is 4.42 Å². The number of para-hydroxylation sites is 1. The van der Waals surface area contributed by atoms with Gasteiger partial charge in [-0.15, -0.1) is 10.2 Å². The first-order valence-electron chi connectivity index (χ1n) is 9.60. The van der Waals surface area contributed by atoms with E-state index in [-0.39, 0.29) is 5.56 Å². The van der Waals surface area contributed by atoms with Crippen molar-refractivity contribution >= 4 is 22.7 Å². The molecule has 2 aromatic carbocycles. The maximum Gasteiger partial charge on any atom is 0.266 e. The molecule has 2 heterocycles. The predicted octanol–water partition coefficient (Wildman–Crippen LogP) is 4.88. The molecule has 2 aromatic heterocycles. The molecule has 0 saturated carbocycles. The van der Waals surface area contributed by atoms with Crippen LogP contribution in [0.25, 0.3) is 16.6 Å². The van der Waals surface area contributed by atoms with Crippen molar-refractivity contribution in [3.8, 4) is 5.69 Å². The molecule has 0 bridgehead atoms. The van der Waals surface area contributed by atoms with Crippen molar-refractivity contribution in [1.82, 2.24) is 19.7 Å². The van der Waals surface area contributed by atoms with Crippen LogP contribution in [0.3, 0.4) is 0 Å². The summed E-state index contributed by atoms with van der Waals surface area (Å²) in [6, 6.07) is 15.5. The van der Waals surface area contributed by atoms with E-state index in [9.17, 15) is 4.79 Å². The van der Waals surface area contributed by atoms with E-state index < -0.39 is 0 Å². The minimum atomic E-state index is -0.0869. The lowest BCUT2D eigenvalue weighted by Gasteiger charge is -2.14. The minimum absolute atomic E-state index is 0.0869. The van der Waals surface area contributed by atoms with Crippen LogP contribution >= 0.6 is 11.8 Å². The zero-order valence-electron chi connectivity index (χ0n) is 16.6. The van der Waals surface area contributed by atoms with Crippen molar-refractivity contribution in [1.29, 1.82) is 0 Å². The fourth-order valence-corrected chi connectivity index (χ4v) is 4.00. The molecule has 148 valence electrons. The van der Waals surface area contributed by atoms with Gasteiger partial charge in [-0.25, -0.2) is 4.98 Å². The number of hydrogen-bond acceptors (Lipinski definition) is 6. The smallest absolute Gasteiger partial charge is 0.266 e. The highest BCUT2D eigenvalue weighted by molar-refractivity contribution is 7.98. The van der Waals surface area contributed by atoms with E-state index in [1.807, 2.05) is 36.4 Å². The monoisotopic (exact) mass is 406 g/mol. The Labute approximate surface area is 173 Å². The number of benzene rings is 2. The predicted molar refractivity (Wildman–Crippen MR) is 115 cm³/mol. The van der Waals surface area contributed by atoms with Gasteiger partial charge in [0, 0.05) is 6.92 Å². The second kappa shape index (κ2) is 8.21. The fourth-order valence-electron chi connectivity index (χ4n) is 3.15. The van der Waals surface area contributed by atoms with Crippen molar-refractivity contribution < 1.29 is 4.42 Å². The Balaban J connectivity index is 1.79. The van der Waals surface area contributed by atoms with Crippen LogP contribution in [-0.4, -0.2) is 19.7 Å². The van der Waals surface area contributed by atoms with Gasteiger partial charge in [0.1, 0.15) is 0 Å². The lowest BCUT2D eigenvalue weighted by Crippen LogP contribution is -2.21. The van der Waals surface area contributed by atoms with Crippen LogP contribution in [0.4, 0.5) is 0 Å². The van der Waals surface area contributed by atoms with Crippen LogP contribution in [0, 0.1) is 6.92 Å². The molecule has 4 rings (SSSR count). The second-order valence-corrected chi connectivity index (χ2v) is 7.90. The number of nitrogens with zero attached hydrogens (tertiary/aromatic N) is 4. The SMILES string of the molecule is CCC(C)c1ccc(-n2c(SCc3nnc(C)o3)nc3ccccc3c2=O)cc1. The summed E-state index contributed by atoms with van der Waals surface area (Å²) in [7, 11) is 0. The number of aryl methyl sites for hydroxylation is 1. The molecule has 0 saturated heterocycles. The normalized spacial score (nSPS) is 12.4. The van der Waals surface area contributed by atoms with E-state index in [0.29, 0.717) is 39.5 Å². The molecule has 1 unspecified atom stereocenters. The van der Waals surface area contributed by atoms with E-state index in [1.165, 1.54) is 17.3 Å². The zero-order valence-corrected chi connectivity index (χ0v) is 17.4. The molecule has 6 nitrogen and oxygen atoms in total. The van der Waals surface area contributed by atoms with Gasteiger partial charge >= 0.3 is 0 Å². The molecule has 0 amide bonds. The maximum atomic E-state index is 13.3. The Morgan fingerprint density at radius 3 is 2.55 bits per heavy atom. The van der Waals surface area contributed by atoms with Crippen LogP contribution in [0.15, 0.2) is 62.9 Å². The lowest BCUT2D eigenvalue weighted by atomic mass is 9.98. The number of aromatic nitrogens is 4. The number of hydrogen-bond donors (Lipinski definition) is 0. The average molecular weight is 407 g/mol. The summed E-state index contributed by atoms with van der Waals surface area (Å²) in [5.74, 6) is 1.94. The van der Waals surface area contributed by atoms with Crippen LogP contribution in [-0.2, 0) is 5.75 Å². The first kappa shape index (κ1) is 19.4. The third-order valence-electron chi connectivity index (χ3n) is 4.97. The summed E-state index contributed by atoms with van der Waals surface area (Å²) < 4.78 is 7.13. The van der Waals surface area contributed by atoms with Gasteiger partial charge in [-0.3, -0.25) is 9.36 Å². The molecule has 0 radical (unpaired) electrons. The van der Waals surface area contributed by atoms with Gasteiger partial charge in [0.15, 0.2) is 5.16 Å². The number of fused-ring (bicyclic) bond motifs is 1. The Hall–Kier alpha value is -2.93. The summed E-state index contributed by atoms with van der Waals surface area (Å²) in [6.45, 7) is 6.13. The van der Waals surface area contributed by atoms with Crippen LogP contribution in [0.1, 0.15) is 43.5 Å². The van der Waals surface area contributed by atoms with E-state index >= 15 is 0 Å². The van der Waals surface area contributed by atoms with Gasteiger partial charge in [0.2, 0.25) is 11.8 Å². The molecule has 1 atom stereocenters. The summed E-state index contributed by atoms with van der Waals surface area (Å²) in [6.07, 6.45) is 1.07. The minimum Gasteiger partial charge on any atom is -0.425 e. The van der Waals surface area contributed by atoms with Gasteiger partial charge in [0.05, 0.1) is 22.3 Å². The summed E-state index contributed by atoms with van der Waals surface area (Å²) in [5, 5.41) is 9.09. The van der Waals surface area contributed by atoms with Crippen LogP contribution in [0.5, 0.6) is 0 Å². The van der Waals surface area contributed by atoms with E-state index in [0.717, 1.165) is 12.1 Å². The fraction of sp³-hybridized carbons (Fsp3) is 0.273. The Morgan fingerprint density at radius 1 is 1.10 bits per heavy atom. The topological polar surface area (TPSA) is 73.8 Å². The summed E-state index contributed by atoms with van der Waals surface area (Å²) in [4.78, 5) is 18.0. The molecular formula is C22H22N4O2S. The molecular weight excluding hydrogens is 384 g/mol. The molecule has 7 heteroatoms. The standard InChI is InChI=1S/C22H22N4O2S/c1-4-14(2)16-9-11-17(12-10-16)26-21(27)18-7-5-6-8-19(18)23-22(26)29-13-20-25-24-15(3)28-20/h5-12,14H,4,13H2,1-3H3. The summed E-state index contributed by atoms with van der Waals surface area (Å²) in [5.41, 5.74) is 2.64. The van der Waals surface area contributed by atoms with Gasteiger partial charge in [-0.2, -0.15) is 0 Å². The lowest BCUT2D eigenvalue weighted by molar-refractivity contribution is 0.485. The van der Waals surface area contributed by atoms with Crippen molar-refractivity contribution in [2.45, 2.75) is 44.0 Å². The highest BCUT2D eigenvalue weighted by Gasteiger charge is 2.15. The number of thioether (sulfide) groups is 1. The highest BCUT2D eigenvalue weighted by Crippen LogP contribution is 2.26. The molecule has 4 aromatic rings. The molecule has 0 aliphatic rings. The Morgan fingerprint density at radius 2 is 1.86 bits per heavy atom. The first-order chi connectivity index (χ1) is 14.1. The molecule has 0 spiro atoms. The molecule has 29 heavy (non-hydrogen) atoms. The number of rotatable bonds is 6. The first-order valence-corrected chi connectivity index (χ1v) is 10.6. The Bertz CT molecular complexity index is 1200. The Kier molecular flexibility index (Phi) is 5.49. The average Bonchev–Trinajstić information content (AvgIpc) is 3.17. The summed E-state index contributed by atoms with van der Waals surface area (Å²) >= 11 is 1.41. The third-order valence-corrected chi connectivity index (χ3v) is 5.89. The maximum absolute atomic E-state index is 13.3. The van der Waals surface area contributed by atoms with Crippen molar-refractivity contribution in [3.05, 3.63) is 76.2 Å². The quantitative estimate of drug-likeness (QED) is 0.335.